The van der Waals surface area contributed by atoms with Crippen LogP contribution in [0.5, 0.6) is 0 Å². The van der Waals surface area contributed by atoms with Gasteiger partial charge in [0.2, 0.25) is 0 Å². The molecule has 0 saturated heterocycles. The van der Waals surface area contributed by atoms with Crippen LogP contribution in [0.25, 0.3) is 0 Å². The molecule has 268 valence electrons. The zero-order valence-corrected chi connectivity index (χ0v) is 29.9. The molecule has 6 nitrogen and oxygen atoms in total. The Bertz CT molecular complexity index is 610. The molecule has 2 N–H and O–H groups in total. The molecule has 0 fully saturated rings. The predicted molar refractivity (Wildman–Crippen MR) is 188 cm³/mol. The van der Waals surface area contributed by atoms with Crippen LogP contribution in [0.15, 0.2) is 0 Å². The molecule has 0 spiro atoms. The van der Waals surface area contributed by atoms with Gasteiger partial charge in [0.1, 0.15) is 6.61 Å². The second kappa shape index (κ2) is 37.3. The highest BCUT2D eigenvalue weighted by Crippen LogP contribution is 2.15. The lowest BCUT2D eigenvalue weighted by atomic mass is 10.0. The Balaban J connectivity index is 3.49. The SMILES string of the molecule is CCCCCCCCCCCCCCCCCC(=O)OCC(CO)OC(=O)CCCCCCCCCCCCCCCCCO. The molecule has 0 heterocycles. The van der Waals surface area contributed by atoms with Gasteiger partial charge >= 0.3 is 11.9 Å². The van der Waals surface area contributed by atoms with Crippen LogP contribution in [0.2, 0.25) is 0 Å². The molecular formula is C39H76O6. The first kappa shape index (κ1) is 43.9. The van der Waals surface area contributed by atoms with Gasteiger partial charge in [-0.1, -0.05) is 180 Å². The first-order chi connectivity index (χ1) is 22.1. The predicted octanol–water partition coefficient (Wildman–Crippen LogP) is 10.9. The van der Waals surface area contributed by atoms with Gasteiger partial charge in [-0.3, -0.25) is 9.59 Å². The number of rotatable bonds is 37. The lowest BCUT2D eigenvalue weighted by molar-refractivity contribution is -0.161. The standard InChI is InChI=1S/C39H76O6/c1-2-3-4-5-6-7-8-9-11-14-17-20-23-26-29-32-38(42)44-36-37(35-41)45-39(43)33-30-27-24-21-18-15-12-10-13-16-19-22-25-28-31-34-40/h37,40-41H,2-36H2,1H3. The maximum absolute atomic E-state index is 12.1. The average molecular weight is 641 g/mol. The minimum absolute atomic E-state index is 0.0650. The lowest BCUT2D eigenvalue weighted by Crippen LogP contribution is -2.28. The molecule has 6 heteroatoms. The van der Waals surface area contributed by atoms with Crippen LogP contribution in [0.3, 0.4) is 0 Å². The van der Waals surface area contributed by atoms with Crippen molar-refractivity contribution in [3.8, 4) is 0 Å². The van der Waals surface area contributed by atoms with Gasteiger partial charge in [0.25, 0.3) is 0 Å². The van der Waals surface area contributed by atoms with Gasteiger partial charge in [0, 0.05) is 19.4 Å². The van der Waals surface area contributed by atoms with Gasteiger partial charge in [-0.05, 0) is 19.3 Å². The summed E-state index contributed by atoms with van der Waals surface area (Å²) in [6.45, 7) is 2.20. The molecule has 0 aliphatic heterocycles. The van der Waals surface area contributed by atoms with Crippen LogP contribution < -0.4 is 0 Å². The summed E-state index contributed by atoms with van der Waals surface area (Å²) >= 11 is 0. The summed E-state index contributed by atoms with van der Waals surface area (Å²) in [4.78, 5) is 24.2. The fraction of sp³-hybridized carbons (Fsp3) is 0.949. The van der Waals surface area contributed by atoms with E-state index in [-0.39, 0.29) is 25.2 Å². The smallest absolute Gasteiger partial charge is 0.306 e. The van der Waals surface area contributed by atoms with Crippen molar-refractivity contribution >= 4 is 11.9 Å². The Hall–Kier alpha value is -1.14. The van der Waals surface area contributed by atoms with E-state index in [1.807, 2.05) is 0 Å². The fourth-order valence-electron chi connectivity index (χ4n) is 5.95. The molecule has 0 rings (SSSR count). The Morgan fingerprint density at radius 1 is 0.444 bits per heavy atom. The van der Waals surface area contributed by atoms with E-state index in [1.165, 1.54) is 141 Å². The van der Waals surface area contributed by atoms with Gasteiger partial charge in [0.15, 0.2) is 6.10 Å². The van der Waals surface area contributed by atoms with Crippen molar-refractivity contribution in [2.45, 2.75) is 218 Å². The second-order valence-corrected chi connectivity index (χ2v) is 13.5. The molecule has 1 atom stereocenters. The Labute approximate surface area is 279 Å². The molecule has 0 aromatic rings. The maximum atomic E-state index is 12.1. The molecule has 0 aliphatic carbocycles. The minimum atomic E-state index is -0.770. The van der Waals surface area contributed by atoms with Crippen LogP contribution in [-0.2, 0) is 19.1 Å². The number of carbonyl (C=O) groups is 2. The van der Waals surface area contributed by atoms with E-state index in [2.05, 4.69) is 6.92 Å². The van der Waals surface area contributed by atoms with Gasteiger partial charge in [-0.15, -0.1) is 0 Å². The fourth-order valence-corrected chi connectivity index (χ4v) is 5.95. The van der Waals surface area contributed by atoms with Crippen molar-refractivity contribution in [2.24, 2.45) is 0 Å². The van der Waals surface area contributed by atoms with Gasteiger partial charge in [0.05, 0.1) is 6.61 Å². The highest BCUT2D eigenvalue weighted by molar-refractivity contribution is 5.70. The third-order valence-electron chi connectivity index (χ3n) is 8.96. The second-order valence-electron chi connectivity index (χ2n) is 13.5. The monoisotopic (exact) mass is 641 g/mol. The molecule has 1 unspecified atom stereocenters. The zero-order chi connectivity index (χ0) is 32.9. The van der Waals surface area contributed by atoms with Crippen molar-refractivity contribution in [3.63, 3.8) is 0 Å². The van der Waals surface area contributed by atoms with Crippen LogP contribution in [0, 0.1) is 0 Å². The minimum Gasteiger partial charge on any atom is -0.462 e. The summed E-state index contributed by atoms with van der Waals surface area (Å²) < 4.78 is 10.6. The quantitative estimate of drug-likeness (QED) is 0.0518. The molecule has 0 aromatic heterocycles. The number of carbonyl (C=O) groups excluding carboxylic acids is 2. The van der Waals surface area contributed by atoms with Gasteiger partial charge in [-0.25, -0.2) is 0 Å². The van der Waals surface area contributed by atoms with E-state index in [1.54, 1.807) is 0 Å². The normalized spacial score (nSPS) is 12.0. The van der Waals surface area contributed by atoms with Crippen LogP contribution in [-0.4, -0.2) is 48.1 Å². The molecule has 0 amide bonds. The summed E-state index contributed by atoms with van der Waals surface area (Å²) in [5.74, 6) is -0.592. The highest BCUT2D eigenvalue weighted by Gasteiger charge is 2.16. The lowest BCUT2D eigenvalue weighted by Gasteiger charge is -2.15. The van der Waals surface area contributed by atoms with Crippen molar-refractivity contribution in [2.75, 3.05) is 19.8 Å². The first-order valence-corrected chi connectivity index (χ1v) is 19.7. The van der Waals surface area contributed by atoms with E-state index in [4.69, 9.17) is 14.6 Å². The highest BCUT2D eigenvalue weighted by atomic mass is 16.6. The van der Waals surface area contributed by atoms with E-state index in [0.29, 0.717) is 19.4 Å². The molecule has 0 saturated carbocycles. The third kappa shape index (κ3) is 35.6. The molecule has 45 heavy (non-hydrogen) atoms. The van der Waals surface area contributed by atoms with Crippen molar-refractivity contribution in [1.29, 1.82) is 0 Å². The number of ether oxygens (including phenoxy) is 2. The average Bonchev–Trinajstić information content (AvgIpc) is 3.04. The van der Waals surface area contributed by atoms with E-state index < -0.39 is 6.10 Å². The number of esters is 2. The first-order valence-electron chi connectivity index (χ1n) is 19.7. The molecule has 0 aliphatic rings. The van der Waals surface area contributed by atoms with Crippen LogP contribution >= 0.6 is 0 Å². The third-order valence-corrected chi connectivity index (χ3v) is 8.96. The largest absolute Gasteiger partial charge is 0.462 e. The van der Waals surface area contributed by atoms with Crippen molar-refractivity contribution in [3.05, 3.63) is 0 Å². The van der Waals surface area contributed by atoms with Gasteiger partial charge < -0.3 is 19.7 Å². The number of unbranched alkanes of at least 4 members (excludes halogenated alkanes) is 28. The summed E-state index contributed by atoms with van der Waals surface area (Å²) in [5.41, 5.74) is 0. The molecule has 0 aromatic carbocycles. The zero-order valence-electron chi connectivity index (χ0n) is 29.9. The number of aliphatic hydroxyl groups is 2. The Morgan fingerprint density at radius 3 is 1.09 bits per heavy atom. The summed E-state index contributed by atoms with van der Waals surface area (Å²) in [5, 5.41) is 18.3. The van der Waals surface area contributed by atoms with Gasteiger partial charge in [-0.2, -0.15) is 0 Å². The molecular weight excluding hydrogens is 564 g/mol. The molecule has 0 radical (unpaired) electrons. The maximum Gasteiger partial charge on any atom is 0.306 e. The summed E-state index contributed by atoms with van der Waals surface area (Å²) in [6, 6.07) is 0. The topological polar surface area (TPSA) is 93.1 Å². The summed E-state index contributed by atoms with van der Waals surface area (Å²) in [7, 11) is 0. The van der Waals surface area contributed by atoms with E-state index in [0.717, 1.165) is 51.4 Å². The van der Waals surface area contributed by atoms with E-state index >= 15 is 0 Å². The number of hydrogen-bond acceptors (Lipinski definition) is 6. The Kier molecular flexibility index (Phi) is 36.4. The summed E-state index contributed by atoms with van der Waals surface area (Å²) in [6.07, 6.45) is 37.4. The van der Waals surface area contributed by atoms with Crippen molar-refractivity contribution < 1.29 is 29.3 Å². The van der Waals surface area contributed by atoms with E-state index in [9.17, 15) is 14.7 Å². The Morgan fingerprint density at radius 2 is 0.756 bits per heavy atom. The number of aliphatic hydroxyl groups excluding tert-OH is 2. The molecule has 0 bridgehead atoms. The van der Waals surface area contributed by atoms with Crippen LogP contribution in [0.4, 0.5) is 0 Å². The number of hydrogen-bond donors (Lipinski definition) is 2. The van der Waals surface area contributed by atoms with Crippen molar-refractivity contribution in [1.82, 2.24) is 0 Å². The van der Waals surface area contributed by atoms with Crippen LogP contribution in [0.1, 0.15) is 212 Å².